The first-order valence-corrected chi connectivity index (χ1v) is 8.81. The van der Waals surface area contributed by atoms with E-state index in [-0.39, 0.29) is 12.0 Å². The summed E-state index contributed by atoms with van der Waals surface area (Å²) in [5.41, 5.74) is 0.995. The smallest absolute Gasteiger partial charge is 0.407 e. The highest BCUT2D eigenvalue weighted by atomic mass is 16.6. The maximum atomic E-state index is 12.6. The molecule has 1 aromatic rings. The van der Waals surface area contributed by atoms with Crippen LogP contribution < -0.4 is 5.32 Å². The lowest BCUT2D eigenvalue weighted by Gasteiger charge is -2.38. The van der Waals surface area contributed by atoms with Crippen LogP contribution in [-0.4, -0.2) is 30.8 Å². The molecule has 1 aliphatic rings. The number of carbonyl (C=O) groups excluding carboxylic acids is 2. The molecule has 1 fully saturated rings. The molecule has 2 rings (SSSR count). The SMILES string of the molecule is COC(=O)C1(c2ccc(C)cc2)CCC(NC(=O)OC(C)(C)C)CC1. The summed E-state index contributed by atoms with van der Waals surface area (Å²) in [6.45, 7) is 7.55. The molecule has 1 aromatic carbocycles. The van der Waals surface area contributed by atoms with Gasteiger partial charge in [0, 0.05) is 6.04 Å². The van der Waals surface area contributed by atoms with Crippen LogP contribution in [0.15, 0.2) is 24.3 Å². The third-order valence-electron chi connectivity index (χ3n) is 4.74. The van der Waals surface area contributed by atoms with Gasteiger partial charge >= 0.3 is 12.1 Å². The van der Waals surface area contributed by atoms with Gasteiger partial charge in [0.05, 0.1) is 12.5 Å². The number of methoxy groups -OCH3 is 1. The van der Waals surface area contributed by atoms with Crippen molar-refractivity contribution in [3.8, 4) is 0 Å². The summed E-state index contributed by atoms with van der Waals surface area (Å²) in [6.07, 6.45) is 2.30. The lowest BCUT2D eigenvalue weighted by Crippen LogP contribution is -2.47. The Morgan fingerprint density at radius 3 is 2.16 bits per heavy atom. The van der Waals surface area contributed by atoms with Gasteiger partial charge in [0.25, 0.3) is 0 Å². The van der Waals surface area contributed by atoms with E-state index in [1.54, 1.807) is 0 Å². The Kier molecular flexibility index (Phi) is 5.76. The monoisotopic (exact) mass is 347 g/mol. The Morgan fingerprint density at radius 2 is 1.68 bits per heavy atom. The van der Waals surface area contributed by atoms with E-state index in [0.29, 0.717) is 25.7 Å². The van der Waals surface area contributed by atoms with E-state index < -0.39 is 17.1 Å². The maximum Gasteiger partial charge on any atom is 0.407 e. The predicted molar refractivity (Wildman–Crippen MR) is 96.5 cm³/mol. The van der Waals surface area contributed by atoms with Crippen LogP contribution in [0.4, 0.5) is 4.79 Å². The van der Waals surface area contributed by atoms with Gasteiger partial charge in [0.2, 0.25) is 0 Å². The van der Waals surface area contributed by atoms with Crippen molar-refractivity contribution in [2.45, 2.75) is 70.4 Å². The van der Waals surface area contributed by atoms with Gasteiger partial charge in [0.1, 0.15) is 5.60 Å². The standard InChI is InChI=1S/C20H29NO4/c1-14-6-8-15(9-7-14)20(17(22)24-5)12-10-16(11-13-20)21-18(23)25-19(2,3)4/h6-9,16H,10-13H2,1-5H3,(H,21,23). The molecule has 0 spiro atoms. The van der Waals surface area contributed by atoms with E-state index in [1.165, 1.54) is 7.11 Å². The zero-order valence-corrected chi connectivity index (χ0v) is 15.8. The summed E-state index contributed by atoms with van der Waals surface area (Å²) in [7, 11) is 1.43. The highest BCUT2D eigenvalue weighted by Gasteiger charge is 2.44. The van der Waals surface area contributed by atoms with Gasteiger partial charge in [-0.25, -0.2) is 4.79 Å². The van der Waals surface area contributed by atoms with Crippen LogP contribution in [0.5, 0.6) is 0 Å². The van der Waals surface area contributed by atoms with Gasteiger partial charge in [-0.15, -0.1) is 0 Å². The Balaban J connectivity index is 2.08. The molecule has 0 bridgehead atoms. The molecule has 1 aliphatic carbocycles. The van der Waals surface area contributed by atoms with Gasteiger partial charge in [-0.05, 0) is 58.9 Å². The van der Waals surface area contributed by atoms with Gasteiger partial charge in [0.15, 0.2) is 0 Å². The molecule has 5 heteroatoms. The number of alkyl carbamates (subject to hydrolysis) is 1. The second-order valence-electron chi connectivity index (χ2n) is 7.86. The molecule has 5 nitrogen and oxygen atoms in total. The normalized spacial score (nSPS) is 23.6. The van der Waals surface area contributed by atoms with Crippen molar-refractivity contribution in [2.75, 3.05) is 7.11 Å². The number of nitrogens with one attached hydrogen (secondary N) is 1. The highest BCUT2D eigenvalue weighted by molar-refractivity contribution is 5.83. The first-order chi connectivity index (χ1) is 11.7. The van der Waals surface area contributed by atoms with Crippen molar-refractivity contribution in [3.05, 3.63) is 35.4 Å². The van der Waals surface area contributed by atoms with E-state index in [4.69, 9.17) is 9.47 Å². The molecule has 1 N–H and O–H groups in total. The number of benzene rings is 1. The van der Waals surface area contributed by atoms with Crippen LogP contribution in [0.1, 0.15) is 57.6 Å². The van der Waals surface area contributed by atoms with Crippen LogP contribution in [-0.2, 0) is 19.7 Å². The average molecular weight is 347 g/mol. The number of ether oxygens (including phenoxy) is 2. The number of hydrogen-bond donors (Lipinski definition) is 1. The van der Waals surface area contributed by atoms with E-state index in [2.05, 4.69) is 5.32 Å². The van der Waals surface area contributed by atoms with Gasteiger partial charge in [-0.1, -0.05) is 29.8 Å². The Morgan fingerprint density at radius 1 is 1.12 bits per heavy atom. The second-order valence-corrected chi connectivity index (χ2v) is 7.86. The Labute approximate surface area is 150 Å². The fourth-order valence-electron chi connectivity index (χ4n) is 3.41. The third kappa shape index (κ3) is 4.74. The van der Waals surface area contributed by atoms with Crippen LogP contribution in [0.2, 0.25) is 0 Å². The molecule has 0 saturated heterocycles. The Bertz CT molecular complexity index is 608. The predicted octanol–water partition coefficient (Wildman–Crippen LogP) is 3.87. The molecule has 1 saturated carbocycles. The highest BCUT2D eigenvalue weighted by Crippen LogP contribution is 2.40. The van der Waals surface area contributed by atoms with Crippen LogP contribution >= 0.6 is 0 Å². The van der Waals surface area contributed by atoms with E-state index in [0.717, 1.165) is 11.1 Å². The van der Waals surface area contributed by atoms with Crippen LogP contribution in [0.25, 0.3) is 0 Å². The van der Waals surface area contributed by atoms with Gasteiger partial charge in [-0.3, -0.25) is 4.79 Å². The zero-order chi connectivity index (χ0) is 18.7. The summed E-state index contributed by atoms with van der Waals surface area (Å²) in [5.74, 6) is -0.202. The minimum atomic E-state index is -0.630. The van der Waals surface area contributed by atoms with Crippen molar-refractivity contribution in [1.82, 2.24) is 5.32 Å². The van der Waals surface area contributed by atoms with E-state index in [9.17, 15) is 9.59 Å². The molecular weight excluding hydrogens is 318 g/mol. The quantitative estimate of drug-likeness (QED) is 0.843. The third-order valence-corrected chi connectivity index (χ3v) is 4.74. The average Bonchev–Trinajstić information content (AvgIpc) is 2.54. The number of carbonyl (C=O) groups is 2. The first kappa shape index (κ1) is 19.3. The van der Waals surface area contributed by atoms with Crippen molar-refractivity contribution < 1.29 is 19.1 Å². The lowest BCUT2D eigenvalue weighted by molar-refractivity contribution is -0.149. The van der Waals surface area contributed by atoms with Crippen molar-refractivity contribution in [3.63, 3.8) is 0 Å². The van der Waals surface area contributed by atoms with Crippen molar-refractivity contribution in [2.24, 2.45) is 0 Å². The molecule has 0 radical (unpaired) electrons. The molecule has 0 unspecified atom stereocenters. The molecule has 0 heterocycles. The fraction of sp³-hybridized carbons (Fsp3) is 0.600. The van der Waals surface area contributed by atoms with Gasteiger partial charge < -0.3 is 14.8 Å². The number of esters is 1. The first-order valence-electron chi connectivity index (χ1n) is 8.81. The minimum absolute atomic E-state index is 0.0121. The molecule has 0 aromatic heterocycles. The topological polar surface area (TPSA) is 64.6 Å². The van der Waals surface area contributed by atoms with Gasteiger partial charge in [-0.2, -0.15) is 0 Å². The van der Waals surface area contributed by atoms with Crippen molar-refractivity contribution in [1.29, 1.82) is 0 Å². The van der Waals surface area contributed by atoms with Crippen LogP contribution in [0, 0.1) is 6.92 Å². The fourth-order valence-corrected chi connectivity index (χ4v) is 3.41. The Hall–Kier alpha value is -2.04. The molecule has 0 atom stereocenters. The summed E-state index contributed by atoms with van der Waals surface area (Å²) >= 11 is 0. The molecule has 138 valence electrons. The second kappa shape index (κ2) is 7.46. The van der Waals surface area contributed by atoms with Crippen molar-refractivity contribution >= 4 is 12.1 Å². The van der Waals surface area contributed by atoms with E-state index in [1.807, 2.05) is 52.0 Å². The summed E-state index contributed by atoms with van der Waals surface area (Å²) in [4.78, 5) is 24.5. The molecule has 1 amide bonds. The molecule has 25 heavy (non-hydrogen) atoms. The zero-order valence-electron chi connectivity index (χ0n) is 15.8. The minimum Gasteiger partial charge on any atom is -0.468 e. The summed E-state index contributed by atoms with van der Waals surface area (Å²) in [5, 5.41) is 2.92. The summed E-state index contributed by atoms with van der Waals surface area (Å²) in [6, 6.07) is 8.07. The molecule has 0 aliphatic heterocycles. The maximum absolute atomic E-state index is 12.6. The number of rotatable bonds is 3. The number of hydrogen-bond acceptors (Lipinski definition) is 4. The number of aryl methyl sites for hydroxylation is 1. The van der Waals surface area contributed by atoms with Crippen LogP contribution in [0.3, 0.4) is 0 Å². The summed E-state index contributed by atoms with van der Waals surface area (Å²) < 4.78 is 10.4. The van der Waals surface area contributed by atoms with E-state index >= 15 is 0 Å². The molecular formula is C20H29NO4. The largest absolute Gasteiger partial charge is 0.468 e. The number of amides is 1. The lowest BCUT2D eigenvalue weighted by atomic mass is 9.68.